The lowest BCUT2D eigenvalue weighted by atomic mass is 10.0. The Hall–Kier alpha value is -1.13. The first kappa shape index (κ1) is 12.3. The second-order valence-corrected chi connectivity index (χ2v) is 5.26. The molecule has 0 atom stereocenters. The third kappa shape index (κ3) is 3.41. The third-order valence-electron chi connectivity index (χ3n) is 3.13. The van der Waals surface area contributed by atoms with Crippen LogP contribution in [-0.4, -0.2) is 16.7 Å². The van der Waals surface area contributed by atoms with Crippen LogP contribution in [0.3, 0.4) is 0 Å². The summed E-state index contributed by atoms with van der Waals surface area (Å²) in [4.78, 5) is 0.565. The molecule has 3 N–H and O–H groups in total. The fourth-order valence-corrected chi connectivity index (χ4v) is 2.19. The van der Waals surface area contributed by atoms with Gasteiger partial charge in [-0.3, -0.25) is 0 Å². The Labute approximate surface area is 107 Å². The van der Waals surface area contributed by atoms with E-state index in [1.54, 1.807) is 0 Å². The van der Waals surface area contributed by atoms with Crippen molar-refractivity contribution in [3.8, 4) is 5.75 Å². The van der Waals surface area contributed by atoms with Crippen LogP contribution in [0.2, 0.25) is 0 Å². The number of thiocarbonyl (C=S) groups is 1. The summed E-state index contributed by atoms with van der Waals surface area (Å²) in [7, 11) is 0. The van der Waals surface area contributed by atoms with Gasteiger partial charge in [0.05, 0.1) is 18.2 Å². The summed E-state index contributed by atoms with van der Waals surface area (Å²) >= 11 is 4.94. The summed E-state index contributed by atoms with van der Waals surface area (Å²) in [5.74, 6) is 0.797. The standard InChI is InChI=1S/C13H17NO2S/c14-12(17)7-13(4-5-13)9-16-11-3-1-2-10(6-11)8-15/h1-3,6,15H,4-5,7-9H2,(H2,14,17). The molecule has 0 unspecified atom stereocenters. The van der Waals surface area contributed by atoms with E-state index < -0.39 is 0 Å². The highest BCUT2D eigenvalue weighted by molar-refractivity contribution is 7.80. The molecule has 17 heavy (non-hydrogen) atoms. The molecule has 1 aromatic rings. The van der Waals surface area contributed by atoms with Gasteiger partial charge in [-0.25, -0.2) is 0 Å². The molecule has 0 spiro atoms. The fourth-order valence-electron chi connectivity index (χ4n) is 1.89. The summed E-state index contributed by atoms with van der Waals surface area (Å²) in [5.41, 5.74) is 6.61. The maximum atomic E-state index is 9.03. The van der Waals surface area contributed by atoms with Crippen LogP contribution >= 0.6 is 12.2 Å². The Balaban J connectivity index is 1.91. The van der Waals surface area contributed by atoms with Crippen LogP contribution in [0.15, 0.2) is 24.3 Å². The van der Waals surface area contributed by atoms with E-state index in [1.165, 1.54) is 0 Å². The second-order valence-electron chi connectivity index (χ2n) is 4.74. The van der Waals surface area contributed by atoms with Crippen molar-refractivity contribution in [1.29, 1.82) is 0 Å². The molecule has 92 valence electrons. The van der Waals surface area contributed by atoms with Crippen LogP contribution in [0.4, 0.5) is 0 Å². The van der Waals surface area contributed by atoms with Crippen molar-refractivity contribution in [3.05, 3.63) is 29.8 Å². The van der Waals surface area contributed by atoms with Gasteiger partial charge < -0.3 is 15.6 Å². The van der Waals surface area contributed by atoms with Gasteiger partial charge in [-0.15, -0.1) is 0 Å². The summed E-state index contributed by atoms with van der Waals surface area (Å²) in [6.45, 7) is 0.689. The largest absolute Gasteiger partial charge is 0.493 e. The van der Waals surface area contributed by atoms with Crippen LogP contribution < -0.4 is 10.5 Å². The molecule has 1 aromatic carbocycles. The summed E-state index contributed by atoms with van der Waals surface area (Å²) < 4.78 is 5.75. The van der Waals surface area contributed by atoms with Gasteiger partial charge in [0.25, 0.3) is 0 Å². The molecule has 4 heteroatoms. The molecular formula is C13H17NO2S. The molecule has 1 aliphatic rings. The lowest BCUT2D eigenvalue weighted by Gasteiger charge is -2.15. The average Bonchev–Trinajstić information content (AvgIpc) is 3.06. The van der Waals surface area contributed by atoms with Crippen LogP contribution in [0.1, 0.15) is 24.8 Å². The molecule has 3 nitrogen and oxygen atoms in total. The molecular weight excluding hydrogens is 234 g/mol. The molecule has 0 heterocycles. The van der Waals surface area contributed by atoms with Crippen molar-refractivity contribution >= 4 is 17.2 Å². The highest BCUT2D eigenvalue weighted by atomic mass is 32.1. The van der Waals surface area contributed by atoms with Gasteiger partial charge in [-0.2, -0.15) is 0 Å². The van der Waals surface area contributed by atoms with Crippen molar-refractivity contribution in [1.82, 2.24) is 0 Å². The Morgan fingerprint density at radius 2 is 2.24 bits per heavy atom. The monoisotopic (exact) mass is 251 g/mol. The molecule has 0 aromatic heterocycles. The van der Waals surface area contributed by atoms with Gasteiger partial charge in [0, 0.05) is 11.8 Å². The smallest absolute Gasteiger partial charge is 0.119 e. The van der Waals surface area contributed by atoms with Crippen molar-refractivity contribution < 1.29 is 9.84 Å². The number of aliphatic hydroxyl groups is 1. The maximum absolute atomic E-state index is 9.03. The highest BCUT2D eigenvalue weighted by Gasteiger charge is 2.43. The Morgan fingerprint density at radius 1 is 1.47 bits per heavy atom. The molecule has 0 bridgehead atoms. The molecule has 2 rings (SSSR count). The predicted molar refractivity (Wildman–Crippen MR) is 70.9 cm³/mol. The van der Waals surface area contributed by atoms with Crippen LogP contribution in [0.5, 0.6) is 5.75 Å². The van der Waals surface area contributed by atoms with Gasteiger partial charge in [0.15, 0.2) is 0 Å². The number of hydrogen-bond donors (Lipinski definition) is 2. The van der Waals surface area contributed by atoms with Gasteiger partial charge in [0.2, 0.25) is 0 Å². The highest BCUT2D eigenvalue weighted by Crippen LogP contribution is 2.49. The van der Waals surface area contributed by atoms with E-state index in [4.69, 9.17) is 27.8 Å². The van der Waals surface area contributed by atoms with Gasteiger partial charge in [0.1, 0.15) is 5.75 Å². The first-order chi connectivity index (χ1) is 8.13. The minimum Gasteiger partial charge on any atom is -0.493 e. The zero-order valence-electron chi connectivity index (χ0n) is 9.69. The molecule has 0 saturated heterocycles. The third-order valence-corrected chi connectivity index (χ3v) is 3.28. The average molecular weight is 251 g/mol. The van der Waals surface area contributed by atoms with E-state index in [2.05, 4.69) is 0 Å². The van der Waals surface area contributed by atoms with Gasteiger partial charge in [-0.1, -0.05) is 24.4 Å². The van der Waals surface area contributed by atoms with Crippen molar-refractivity contribution in [3.63, 3.8) is 0 Å². The first-order valence-electron chi connectivity index (χ1n) is 5.74. The van der Waals surface area contributed by atoms with Gasteiger partial charge >= 0.3 is 0 Å². The van der Waals surface area contributed by atoms with Gasteiger partial charge in [-0.05, 0) is 30.5 Å². The van der Waals surface area contributed by atoms with Crippen molar-refractivity contribution in [2.75, 3.05) is 6.61 Å². The molecule has 1 aliphatic carbocycles. The Morgan fingerprint density at radius 3 is 2.82 bits per heavy atom. The molecule has 1 saturated carbocycles. The topological polar surface area (TPSA) is 55.5 Å². The lowest BCUT2D eigenvalue weighted by molar-refractivity contribution is 0.237. The zero-order valence-corrected chi connectivity index (χ0v) is 10.5. The van der Waals surface area contributed by atoms with E-state index in [9.17, 15) is 0 Å². The van der Waals surface area contributed by atoms with Crippen molar-refractivity contribution in [2.45, 2.75) is 25.9 Å². The molecule has 1 fully saturated rings. The number of nitrogens with two attached hydrogens (primary N) is 1. The first-order valence-corrected chi connectivity index (χ1v) is 6.15. The van der Waals surface area contributed by atoms with E-state index in [0.717, 1.165) is 30.6 Å². The SMILES string of the molecule is NC(=S)CC1(COc2cccc(CO)c2)CC1. The summed E-state index contributed by atoms with van der Waals surface area (Å²) in [6, 6.07) is 7.51. The van der Waals surface area contributed by atoms with Crippen molar-refractivity contribution in [2.24, 2.45) is 11.1 Å². The van der Waals surface area contributed by atoms with E-state index >= 15 is 0 Å². The Kier molecular flexibility index (Phi) is 3.64. The van der Waals surface area contributed by atoms with E-state index in [0.29, 0.717) is 11.6 Å². The predicted octanol–water partition coefficient (Wildman–Crippen LogP) is 2.01. The molecule has 0 aliphatic heterocycles. The zero-order chi connectivity index (χ0) is 12.3. The quantitative estimate of drug-likeness (QED) is 0.759. The molecule has 0 radical (unpaired) electrons. The number of aliphatic hydroxyl groups excluding tert-OH is 1. The minimum absolute atomic E-state index is 0.0369. The lowest BCUT2D eigenvalue weighted by Crippen LogP contribution is -2.21. The number of ether oxygens (including phenoxy) is 1. The number of benzene rings is 1. The fraction of sp³-hybridized carbons (Fsp3) is 0.462. The second kappa shape index (κ2) is 5.02. The maximum Gasteiger partial charge on any atom is 0.119 e. The Bertz CT molecular complexity index is 416. The normalized spacial score (nSPS) is 16.5. The van der Waals surface area contributed by atoms with Crippen LogP contribution in [0.25, 0.3) is 0 Å². The van der Waals surface area contributed by atoms with Crippen LogP contribution in [0, 0.1) is 5.41 Å². The van der Waals surface area contributed by atoms with E-state index in [1.807, 2.05) is 24.3 Å². The number of rotatable bonds is 6. The molecule has 0 amide bonds. The number of hydrogen-bond acceptors (Lipinski definition) is 3. The minimum atomic E-state index is 0.0369. The van der Waals surface area contributed by atoms with E-state index in [-0.39, 0.29) is 12.0 Å². The summed E-state index contributed by atoms with van der Waals surface area (Å²) in [5, 5.41) is 9.03. The summed E-state index contributed by atoms with van der Waals surface area (Å²) in [6.07, 6.45) is 3.02. The van der Waals surface area contributed by atoms with Crippen LogP contribution in [-0.2, 0) is 6.61 Å².